The Morgan fingerprint density at radius 3 is 2.51 bits per heavy atom. The summed E-state index contributed by atoms with van der Waals surface area (Å²) in [4.78, 5) is 30.9. The number of methoxy groups -OCH3 is 1. The number of hydrogen-bond acceptors (Lipinski definition) is 5. The molecule has 0 saturated carbocycles. The number of amides is 1. The van der Waals surface area contributed by atoms with E-state index in [4.69, 9.17) is 14.5 Å². The molecule has 6 nitrogen and oxygen atoms in total. The summed E-state index contributed by atoms with van der Waals surface area (Å²) in [6, 6.07) is 20.5. The van der Waals surface area contributed by atoms with E-state index in [1.165, 1.54) is 7.11 Å². The molecule has 0 aliphatic heterocycles. The van der Waals surface area contributed by atoms with Crippen molar-refractivity contribution in [2.24, 2.45) is 0 Å². The van der Waals surface area contributed by atoms with Crippen LogP contribution >= 0.6 is 15.9 Å². The van der Waals surface area contributed by atoms with Gasteiger partial charge in [0, 0.05) is 21.8 Å². The third-order valence-corrected chi connectivity index (χ3v) is 6.07. The number of nitrogens with one attached hydrogen (secondary N) is 1. The molecule has 3 aromatic carbocycles. The largest absolute Gasteiger partial charge is 0.493 e. The van der Waals surface area contributed by atoms with Crippen LogP contribution < -0.4 is 14.8 Å². The molecule has 0 unspecified atom stereocenters. The molecule has 35 heavy (non-hydrogen) atoms. The van der Waals surface area contributed by atoms with Gasteiger partial charge in [-0.2, -0.15) is 0 Å². The smallest absolute Gasteiger partial charge is 0.311 e. The second kappa shape index (κ2) is 10.7. The van der Waals surface area contributed by atoms with Crippen molar-refractivity contribution >= 4 is 44.4 Å². The fraction of sp³-hybridized carbons (Fsp3) is 0.179. The van der Waals surface area contributed by atoms with E-state index in [-0.39, 0.29) is 18.1 Å². The molecule has 0 aliphatic rings. The molecule has 1 amide bonds. The number of pyridine rings is 1. The predicted octanol–water partition coefficient (Wildman–Crippen LogP) is 6.94. The third-order valence-electron chi connectivity index (χ3n) is 5.58. The number of carbonyl (C=O) groups excluding carboxylic acids is 2. The number of aromatic nitrogens is 1. The van der Waals surface area contributed by atoms with Crippen LogP contribution in [0.15, 0.2) is 71.2 Å². The minimum Gasteiger partial charge on any atom is -0.493 e. The fourth-order valence-electron chi connectivity index (χ4n) is 3.93. The summed E-state index contributed by atoms with van der Waals surface area (Å²) in [5.74, 6) is -0.196. The molecule has 0 aliphatic carbocycles. The van der Waals surface area contributed by atoms with Crippen molar-refractivity contribution in [3.8, 4) is 22.8 Å². The van der Waals surface area contributed by atoms with E-state index in [1.54, 1.807) is 18.2 Å². The quantitative estimate of drug-likeness (QED) is 0.206. The Kier molecular flexibility index (Phi) is 7.46. The summed E-state index contributed by atoms with van der Waals surface area (Å²) in [7, 11) is 1.49. The summed E-state index contributed by atoms with van der Waals surface area (Å²) in [5, 5.41) is 3.65. The number of hydrogen-bond donors (Lipinski definition) is 1. The Morgan fingerprint density at radius 1 is 1.03 bits per heavy atom. The van der Waals surface area contributed by atoms with Gasteiger partial charge in [0.1, 0.15) is 0 Å². The maximum Gasteiger partial charge on any atom is 0.311 e. The van der Waals surface area contributed by atoms with E-state index in [1.807, 2.05) is 62.4 Å². The molecule has 1 aromatic heterocycles. The highest BCUT2D eigenvalue weighted by atomic mass is 79.9. The van der Waals surface area contributed by atoms with Gasteiger partial charge in [-0.15, -0.1) is 0 Å². The van der Waals surface area contributed by atoms with Gasteiger partial charge < -0.3 is 14.8 Å². The minimum absolute atomic E-state index is 0.183. The molecule has 0 fully saturated rings. The van der Waals surface area contributed by atoms with Crippen molar-refractivity contribution in [3.05, 3.63) is 82.3 Å². The third kappa shape index (κ3) is 5.20. The Bertz CT molecular complexity index is 1400. The molecule has 1 N–H and O–H groups in total. The van der Waals surface area contributed by atoms with Gasteiger partial charge in [-0.1, -0.05) is 59.3 Å². The Morgan fingerprint density at radius 2 is 1.80 bits per heavy atom. The van der Waals surface area contributed by atoms with Crippen LogP contribution in [0.4, 0.5) is 5.69 Å². The maximum atomic E-state index is 13.8. The van der Waals surface area contributed by atoms with Crippen LogP contribution in [-0.2, 0) is 4.79 Å². The molecule has 7 heteroatoms. The minimum atomic E-state index is -0.395. The first-order valence-corrected chi connectivity index (χ1v) is 12.1. The first-order chi connectivity index (χ1) is 16.9. The highest BCUT2D eigenvalue weighted by molar-refractivity contribution is 9.10. The molecule has 0 atom stereocenters. The number of ether oxygens (including phenoxy) is 2. The molecule has 0 saturated heterocycles. The predicted molar refractivity (Wildman–Crippen MR) is 141 cm³/mol. The van der Waals surface area contributed by atoms with Crippen LogP contribution in [0, 0.1) is 6.92 Å². The number of carbonyl (C=O) groups is 2. The number of nitrogens with zero attached hydrogens (tertiary/aromatic N) is 1. The number of halogens is 1. The Hall–Kier alpha value is -3.71. The number of esters is 1. The number of rotatable bonds is 7. The van der Waals surface area contributed by atoms with Crippen molar-refractivity contribution in [1.82, 2.24) is 4.98 Å². The van der Waals surface area contributed by atoms with Crippen LogP contribution in [0.3, 0.4) is 0 Å². The average Bonchev–Trinajstić information content (AvgIpc) is 2.85. The Labute approximate surface area is 212 Å². The van der Waals surface area contributed by atoms with Gasteiger partial charge in [0.05, 0.1) is 29.6 Å². The zero-order chi connectivity index (χ0) is 24.9. The monoisotopic (exact) mass is 532 g/mol. The lowest BCUT2D eigenvalue weighted by Gasteiger charge is -2.17. The van der Waals surface area contributed by atoms with E-state index in [0.717, 1.165) is 21.3 Å². The van der Waals surface area contributed by atoms with Crippen molar-refractivity contribution in [1.29, 1.82) is 0 Å². The SMILES string of the molecule is CCCC(=O)Oc1c(NC(=O)c2c(C)c(-c3ccccc3)nc3ccc(Br)cc23)cccc1OC. The summed E-state index contributed by atoms with van der Waals surface area (Å²) in [6.07, 6.45) is 0.906. The number of fused-ring (bicyclic) bond motifs is 1. The van der Waals surface area contributed by atoms with Crippen LogP contribution in [0.2, 0.25) is 0 Å². The zero-order valence-electron chi connectivity index (χ0n) is 19.7. The summed E-state index contributed by atoms with van der Waals surface area (Å²) in [6.45, 7) is 3.78. The first kappa shape index (κ1) is 24.4. The van der Waals surface area contributed by atoms with E-state index in [0.29, 0.717) is 34.3 Å². The van der Waals surface area contributed by atoms with E-state index in [2.05, 4.69) is 21.2 Å². The molecule has 4 rings (SSSR count). The molecular formula is C28H25BrN2O4. The number of anilines is 1. The summed E-state index contributed by atoms with van der Waals surface area (Å²) < 4.78 is 11.8. The van der Waals surface area contributed by atoms with E-state index in [9.17, 15) is 9.59 Å². The fourth-order valence-corrected chi connectivity index (χ4v) is 4.30. The second-order valence-electron chi connectivity index (χ2n) is 8.00. The lowest BCUT2D eigenvalue weighted by molar-refractivity contribution is -0.134. The van der Waals surface area contributed by atoms with Gasteiger partial charge in [0.25, 0.3) is 5.91 Å². The Balaban J connectivity index is 1.83. The van der Waals surface area contributed by atoms with Crippen molar-refractivity contribution < 1.29 is 19.1 Å². The maximum absolute atomic E-state index is 13.8. The molecule has 0 radical (unpaired) electrons. The first-order valence-electron chi connectivity index (χ1n) is 11.3. The van der Waals surface area contributed by atoms with Gasteiger partial charge in [-0.3, -0.25) is 9.59 Å². The molecule has 0 bridgehead atoms. The standard InChI is InChI=1S/C28H25BrN2O4/c1-4-9-24(32)35-27-22(12-8-13-23(27)34-3)31-28(33)25-17(2)26(18-10-6-5-7-11-18)30-21-15-14-19(29)16-20(21)25/h5-8,10-16H,4,9H2,1-3H3,(H,31,33). The lowest BCUT2D eigenvalue weighted by atomic mass is 9.97. The molecule has 4 aromatic rings. The zero-order valence-corrected chi connectivity index (χ0v) is 21.3. The molecule has 1 heterocycles. The second-order valence-corrected chi connectivity index (χ2v) is 8.92. The van der Waals surface area contributed by atoms with Crippen molar-refractivity contribution in [3.63, 3.8) is 0 Å². The van der Waals surface area contributed by atoms with Crippen LogP contribution in [0.25, 0.3) is 22.2 Å². The van der Waals surface area contributed by atoms with Crippen LogP contribution in [0.1, 0.15) is 35.7 Å². The van der Waals surface area contributed by atoms with Crippen molar-refractivity contribution in [2.75, 3.05) is 12.4 Å². The van der Waals surface area contributed by atoms with Crippen LogP contribution in [0.5, 0.6) is 11.5 Å². The van der Waals surface area contributed by atoms with Crippen LogP contribution in [-0.4, -0.2) is 24.0 Å². The number of benzene rings is 3. The van der Waals surface area contributed by atoms with Gasteiger partial charge in [-0.05, 0) is 49.2 Å². The normalized spacial score (nSPS) is 10.7. The molecular weight excluding hydrogens is 508 g/mol. The molecule has 0 spiro atoms. The van der Waals surface area contributed by atoms with Crippen molar-refractivity contribution in [2.45, 2.75) is 26.7 Å². The van der Waals surface area contributed by atoms with Gasteiger partial charge in [0.2, 0.25) is 0 Å². The van der Waals surface area contributed by atoms with E-state index < -0.39 is 5.97 Å². The highest BCUT2D eigenvalue weighted by Crippen LogP contribution is 2.37. The van der Waals surface area contributed by atoms with E-state index >= 15 is 0 Å². The van der Waals surface area contributed by atoms with Gasteiger partial charge >= 0.3 is 5.97 Å². The number of para-hydroxylation sites is 1. The van der Waals surface area contributed by atoms with Gasteiger partial charge in [0.15, 0.2) is 11.5 Å². The summed E-state index contributed by atoms with van der Waals surface area (Å²) >= 11 is 3.51. The summed E-state index contributed by atoms with van der Waals surface area (Å²) in [5.41, 5.74) is 3.92. The average molecular weight is 533 g/mol. The van der Waals surface area contributed by atoms with Gasteiger partial charge in [-0.25, -0.2) is 4.98 Å². The lowest BCUT2D eigenvalue weighted by Crippen LogP contribution is -2.17. The highest BCUT2D eigenvalue weighted by Gasteiger charge is 2.22. The molecule has 178 valence electrons. The topological polar surface area (TPSA) is 77.5 Å².